The van der Waals surface area contributed by atoms with Gasteiger partial charge in [-0.15, -0.1) is 11.3 Å². The number of likely N-dealkylation sites (tertiary alicyclic amines) is 1. The summed E-state index contributed by atoms with van der Waals surface area (Å²) in [6.45, 7) is 4.56. The summed E-state index contributed by atoms with van der Waals surface area (Å²) >= 11 is 1.61. The Morgan fingerprint density at radius 3 is 2.65 bits per heavy atom. The number of para-hydroxylation sites is 2. The zero-order valence-electron chi connectivity index (χ0n) is 17.9. The lowest BCUT2D eigenvalue weighted by Gasteiger charge is -2.41. The van der Waals surface area contributed by atoms with E-state index < -0.39 is 0 Å². The topological polar surface area (TPSA) is 65.7 Å². The largest absolute Gasteiger partial charge is 0.423 e. The van der Waals surface area contributed by atoms with Gasteiger partial charge in [-0.1, -0.05) is 12.1 Å². The molecule has 2 saturated heterocycles. The summed E-state index contributed by atoms with van der Waals surface area (Å²) in [6.07, 6.45) is 5.92. The van der Waals surface area contributed by atoms with Crippen molar-refractivity contribution in [1.82, 2.24) is 19.8 Å². The van der Waals surface area contributed by atoms with Gasteiger partial charge in [0.2, 0.25) is 5.91 Å². The summed E-state index contributed by atoms with van der Waals surface area (Å²) in [4.78, 5) is 28.5. The molecule has 4 heterocycles. The molecule has 2 aliphatic heterocycles. The standard InChI is InChI=1S/C23H29N5O2S/c1-26(16-21-24-10-15-31-21)22(29)17-6-11-27(12-7-17)18-8-13-28(14-9-18)23-25-19-4-2-3-5-20(19)30-23/h2-5,10,15,17-18H,6-9,11-14,16H2,1H3. The zero-order valence-corrected chi connectivity index (χ0v) is 18.8. The number of thiazole rings is 1. The molecule has 8 heteroatoms. The van der Waals surface area contributed by atoms with Crippen LogP contribution in [0.4, 0.5) is 6.01 Å². The van der Waals surface area contributed by atoms with Gasteiger partial charge in [-0.25, -0.2) is 4.98 Å². The number of benzene rings is 1. The quantitative estimate of drug-likeness (QED) is 0.605. The summed E-state index contributed by atoms with van der Waals surface area (Å²) < 4.78 is 5.94. The molecule has 31 heavy (non-hydrogen) atoms. The molecule has 0 radical (unpaired) electrons. The van der Waals surface area contributed by atoms with Crippen molar-refractivity contribution in [2.75, 3.05) is 38.1 Å². The van der Waals surface area contributed by atoms with Crippen molar-refractivity contribution in [3.8, 4) is 0 Å². The number of hydrogen-bond donors (Lipinski definition) is 0. The highest BCUT2D eigenvalue weighted by molar-refractivity contribution is 7.09. The molecule has 1 amide bonds. The molecule has 1 aromatic carbocycles. The van der Waals surface area contributed by atoms with Gasteiger partial charge >= 0.3 is 0 Å². The number of hydrogen-bond acceptors (Lipinski definition) is 7. The van der Waals surface area contributed by atoms with E-state index in [9.17, 15) is 4.79 Å². The third-order valence-electron chi connectivity index (χ3n) is 6.64. The smallest absolute Gasteiger partial charge is 0.298 e. The summed E-state index contributed by atoms with van der Waals surface area (Å²) in [5, 5.41) is 2.96. The number of piperidine rings is 2. The maximum absolute atomic E-state index is 12.8. The zero-order chi connectivity index (χ0) is 21.2. The van der Waals surface area contributed by atoms with Crippen LogP contribution in [-0.4, -0.2) is 64.9 Å². The Kier molecular flexibility index (Phi) is 5.91. The van der Waals surface area contributed by atoms with E-state index in [4.69, 9.17) is 4.42 Å². The fourth-order valence-electron chi connectivity index (χ4n) is 4.85. The summed E-state index contributed by atoms with van der Waals surface area (Å²) in [7, 11) is 1.90. The highest BCUT2D eigenvalue weighted by Gasteiger charge is 2.32. The molecule has 5 rings (SSSR count). The second-order valence-corrected chi connectivity index (χ2v) is 9.59. The fourth-order valence-corrected chi connectivity index (χ4v) is 5.52. The molecular formula is C23H29N5O2S. The predicted molar refractivity (Wildman–Crippen MR) is 122 cm³/mol. The molecule has 7 nitrogen and oxygen atoms in total. The van der Waals surface area contributed by atoms with Crippen LogP contribution in [0, 0.1) is 5.92 Å². The van der Waals surface area contributed by atoms with Gasteiger partial charge in [0.1, 0.15) is 10.5 Å². The number of aromatic nitrogens is 2. The first kappa shape index (κ1) is 20.5. The van der Waals surface area contributed by atoms with Crippen LogP contribution >= 0.6 is 11.3 Å². The van der Waals surface area contributed by atoms with E-state index in [0.717, 1.165) is 74.0 Å². The number of nitrogens with zero attached hydrogens (tertiary/aromatic N) is 5. The van der Waals surface area contributed by atoms with E-state index >= 15 is 0 Å². The van der Waals surface area contributed by atoms with Crippen LogP contribution < -0.4 is 4.90 Å². The number of oxazole rings is 1. The van der Waals surface area contributed by atoms with Gasteiger partial charge in [-0.3, -0.25) is 4.79 Å². The van der Waals surface area contributed by atoms with Crippen molar-refractivity contribution >= 4 is 34.4 Å². The molecule has 2 fully saturated rings. The van der Waals surface area contributed by atoms with Gasteiger partial charge < -0.3 is 19.1 Å². The molecule has 0 N–H and O–H groups in total. The second kappa shape index (κ2) is 8.96. The maximum Gasteiger partial charge on any atom is 0.298 e. The van der Waals surface area contributed by atoms with Crippen molar-refractivity contribution in [1.29, 1.82) is 0 Å². The minimum atomic E-state index is 0.140. The van der Waals surface area contributed by atoms with E-state index in [2.05, 4.69) is 19.8 Å². The van der Waals surface area contributed by atoms with Gasteiger partial charge in [-0.05, 0) is 50.9 Å². The fraction of sp³-hybridized carbons (Fsp3) is 0.522. The van der Waals surface area contributed by atoms with Gasteiger partial charge in [-0.2, -0.15) is 4.98 Å². The highest BCUT2D eigenvalue weighted by Crippen LogP contribution is 2.28. The highest BCUT2D eigenvalue weighted by atomic mass is 32.1. The normalized spacial score (nSPS) is 19.2. The van der Waals surface area contributed by atoms with Crippen LogP contribution in [0.25, 0.3) is 11.1 Å². The molecule has 2 aromatic heterocycles. The number of fused-ring (bicyclic) bond motifs is 1. The molecular weight excluding hydrogens is 410 g/mol. The van der Waals surface area contributed by atoms with Gasteiger partial charge in [0.15, 0.2) is 5.58 Å². The Hall–Kier alpha value is -2.45. The van der Waals surface area contributed by atoms with Crippen molar-refractivity contribution < 1.29 is 9.21 Å². The molecule has 0 spiro atoms. The van der Waals surface area contributed by atoms with Crippen molar-refractivity contribution in [3.05, 3.63) is 40.8 Å². The van der Waals surface area contributed by atoms with Gasteiger partial charge in [0, 0.05) is 43.7 Å². The lowest BCUT2D eigenvalue weighted by molar-refractivity contribution is -0.136. The third kappa shape index (κ3) is 4.45. The number of amides is 1. The van der Waals surface area contributed by atoms with Crippen molar-refractivity contribution in [3.63, 3.8) is 0 Å². The van der Waals surface area contributed by atoms with Crippen LogP contribution in [0.1, 0.15) is 30.7 Å². The molecule has 0 bridgehead atoms. The van der Waals surface area contributed by atoms with Crippen LogP contribution in [0.5, 0.6) is 0 Å². The monoisotopic (exact) mass is 439 g/mol. The van der Waals surface area contributed by atoms with Gasteiger partial charge in [0.25, 0.3) is 6.01 Å². The molecule has 0 unspecified atom stereocenters. The summed E-state index contributed by atoms with van der Waals surface area (Å²) in [5.74, 6) is 0.404. The first-order chi connectivity index (χ1) is 15.2. The van der Waals surface area contributed by atoms with E-state index in [1.807, 2.05) is 41.6 Å². The average Bonchev–Trinajstić information content (AvgIpc) is 3.48. The van der Waals surface area contributed by atoms with Crippen LogP contribution in [0.2, 0.25) is 0 Å². The molecule has 0 atom stereocenters. The van der Waals surface area contributed by atoms with Crippen LogP contribution in [0.3, 0.4) is 0 Å². The minimum Gasteiger partial charge on any atom is -0.423 e. The Bertz CT molecular complexity index is 971. The lowest BCUT2D eigenvalue weighted by Crippen LogP contribution is -2.49. The van der Waals surface area contributed by atoms with Crippen molar-refractivity contribution in [2.45, 2.75) is 38.3 Å². The number of carbonyl (C=O) groups is 1. The summed E-state index contributed by atoms with van der Waals surface area (Å²) in [6, 6.07) is 9.27. The Balaban J connectivity index is 1.10. The first-order valence-electron chi connectivity index (χ1n) is 11.2. The average molecular weight is 440 g/mol. The molecule has 0 aliphatic carbocycles. The lowest BCUT2D eigenvalue weighted by atomic mass is 9.92. The van der Waals surface area contributed by atoms with E-state index in [0.29, 0.717) is 12.6 Å². The Morgan fingerprint density at radius 2 is 1.94 bits per heavy atom. The second-order valence-electron chi connectivity index (χ2n) is 8.61. The first-order valence-corrected chi connectivity index (χ1v) is 12.0. The number of anilines is 1. The predicted octanol–water partition coefficient (Wildman–Crippen LogP) is 3.62. The summed E-state index contributed by atoms with van der Waals surface area (Å²) in [5.41, 5.74) is 1.78. The number of rotatable bonds is 5. The van der Waals surface area contributed by atoms with E-state index in [-0.39, 0.29) is 11.8 Å². The molecule has 3 aromatic rings. The third-order valence-corrected chi connectivity index (χ3v) is 7.41. The van der Waals surface area contributed by atoms with Crippen molar-refractivity contribution in [2.24, 2.45) is 5.92 Å². The molecule has 2 aliphatic rings. The Morgan fingerprint density at radius 1 is 1.16 bits per heavy atom. The minimum absolute atomic E-state index is 0.140. The number of carbonyl (C=O) groups excluding carboxylic acids is 1. The van der Waals surface area contributed by atoms with E-state index in [1.54, 1.807) is 17.5 Å². The maximum atomic E-state index is 12.8. The molecule has 164 valence electrons. The van der Waals surface area contributed by atoms with E-state index in [1.165, 1.54) is 0 Å². The van der Waals surface area contributed by atoms with Gasteiger partial charge in [0.05, 0.1) is 6.54 Å². The van der Waals surface area contributed by atoms with Crippen LogP contribution in [-0.2, 0) is 11.3 Å². The Labute approximate surface area is 186 Å². The van der Waals surface area contributed by atoms with Crippen LogP contribution in [0.15, 0.2) is 40.3 Å². The SMILES string of the molecule is CN(Cc1nccs1)C(=O)C1CCN(C2CCN(c3nc4ccccc4o3)CC2)CC1. The molecule has 0 saturated carbocycles.